The van der Waals surface area contributed by atoms with Crippen LogP contribution in [0.1, 0.15) is 47.8 Å². The molecule has 0 aliphatic carbocycles. The van der Waals surface area contributed by atoms with Gasteiger partial charge >= 0.3 is 0 Å². The van der Waals surface area contributed by atoms with E-state index >= 15 is 0 Å². The summed E-state index contributed by atoms with van der Waals surface area (Å²) in [5.41, 5.74) is 2.52. The van der Waals surface area contributed by atoms with Crippen LogP contribution in [0, 0.1) is 6.92 Å². The number of aromatic hydroxyl groups is 1. The van der Waals surface area contributed by atoms with E-state index in [4.69, 9.17) is 11.6 Å². The van der Waals surface area contributed by atoms with Gasteiger partial charge in [-0.25, -0.2) is 0 Å². The molecular weight excluding hydrogens is 398 g/mol. The number of aryl methyl sites for hydroxylation is 1. The van der Waals surface area contributed by atoms with Gasteiger partial charge in [0.25, 0.3) is 5.56 Å². The molecule has 2 aromatic heterocycles. The lowest BCUT2D eigenvalue weighted by atomic mass is 9.94. The van der Waals surface area contributed by atoms with E-state index in [0.29, 0.717) is 22.8 Å². The van der Waals surface area contributed by atoms with Crippen LogP contribution in [0.2, 0.25) is 5.02 Å². The minimum absolute atomic E-state index is 0.0188. The van der Waals surface area contributed by atoms with Crippen LogP contribution < -0.4 is 5.56 Å². The Balaban J connectivity index is 1.87. The molecule has 0 saturated carbocycles. The highest BCUT2D eigenvalue weighted by Gasteiger charge is 2.31. The van der Waals surface area contributed by atoms with Crippen LogP contribution in [-0.4, -0.2) is 32.6 Å². The van der Waals surface area contributed by atoms with E-state index in [1.165, 1.54) is 6.42 Å². The van der Waals surface area contributed by atoms with Crippen molar-refractivity contribution < 1.29 is 5.11 Å². The largest absolute Gasteiger partial charge is 0.507 e. The van der Waals surface area contributed by atoms with E-state index in [2.05, 4.69) is 9.88 Å². The maximum atomic E-state index is 13.7. The number of benzene rings is 1. The summed E-state index contributed by atoms with van der Waals surface area (Å²) < 4.78 is 1.69. The Morgan fingerprint density at radius 3 is 2.53 bits per heavy atom. The monoisotopic (exact) mass is 423 g/mol. The van der Waals surface area contributed by atoms with Crippen LogP contribution in [0.5, 0.6) is 5.75 Å². The molecule has 0 radical (unpaired) electrons. The molecule has 0 amide bonds. The Morgan fingerprint density at radius 2 is 1.83 bits per heavy atom. The molecule has 1 atom stereocenters. The first-order valence-electron chi connectivity index (χ1n) is 10.4. The van der Waals surface area contributed by atoms with Gasteiger partial charge in [0.2, 0.25) is 0 Å². The lowest BCUT2D eigenvalue weighted by Crippen LogP contribution is -2.39. The van der Waals surface area contributed by atoms with Crippen molar-refractivity contribution in [2.45, 2.75) is 38.8 Å². The van der Waals surface area contributed by atoms with Crippen LogP contribution in [0.4, 0.5) is 0 Å². The summed E-state index contributed by atoms with van der Waals surface area (Å²) in [5.74, 6) is 0.0188. The highest BCUT2D eigenvalue weighted by molar-refractivity contribution is 6.31. The van der Waals surface area contributed by atoms with E-state index in [1.807, 2.05) is 49.4 Å². The molecule has 1 aliphatic rings. The fourth-order valence-electron chi connectivity index (χ4n) is 4.28. The number of halogens is 1. The number of nitrogens with zero attached hydrogens (tertiary/aromatic N) is 3. The van der Waals surface area contributed by atoms with Gasteiger partial charge in [0, 0.05) is 16.9 Å². The maximum Gasteiger partial charge on any atom is 0.260 e. The molecular formula is C24H26ClN3O2. The van der Waals surface area contributed by atoms with Crippen molar-refractivity contribution in [1.29, 1.82) is 0 Å². The third-order valence-electron chi connectivity index (χ3n) is 5.80. The summed E-state index contributed by atoms with van der Waals surface area (Å²) in [4.78, 5) is 20.3. The van der Waals surface area contributed by atoms with Gasteiger partial charge < -0.3 is 9.67 Å². The van der Waals surface area contributed by atoms with Gasteiger partial charge in [-0.05, 0) is 62.7 Å². The molecule has 3 aromatic rings. The van der Waals surface area contributed by atoms with Crippen molar-refractivity contribution in [3.63, 3.8) is 0 Å². The first-order valence-corrected chi connectivity index (χ1v) is 10.8. The van der Waals surface area contributed by atoms with E-state index in [-0.39, 0.29) is 17.4 Å². The van der Waals surface area contributed by atoms with Gasteiger partial charge in [-0.2, -0.15) is 0 Å². The van der Waals surface area contributed by atoms with E-state index in [0.717, 1.165) is 37.2 Å². The summed E-state index contributed by atoms with van der Waals surface area (Å²) >= 11 is 6.57. The maximum absolute atomic E-state index is 13.7. The third-order valence-corrected chi connectivity index (χ3v) is 6.14. The van der Waals surface area contributed by atoms with E-state index in [1.54, 1.807) is 16.8 Å². The minimum Gasteiger partial charge on any atom is -0.507 e. The molecule has 4 rings (SSSR count). The summed E-state index contributed by atoms with van der Waals surface area (Å²) in [6.07, 6.45) is 5.03. The first-order chi connectivity index (χ1) is 14.6. The minimum atomic E-state index is -0.387. The molecule has 1 unspecified atom stereocenters. The quantitative estimate of drug-likeness (QED) is 0.654. The zero-order chi connectivity index (χ0) is 21.1. The molecule has 1 saturated heterocycles. The number of hydrogen-bond acceptors (Lipinski definition) is 4. The predicted octanol–water partition coefficient (Wildman–Crippen LogP) is 4.53. The molecule has 3 heterocycles. The number of likely N-dealkylation sites (tertiary alicyclic amines) is 1. The lowest BCUT2D eigenvalue weighted by molar-refractivity contribution is 0.183. The summed E-state index contributed by atoms with van der Waals surface area (Å²) in [5, 5.41) is 11.5. The van der Waals surface area contributed by atoms with Crippen LogP contribution in [0.25, 0.3) is 0 Å². The number of rotatable bonds is 5. The zero-order valence-corrected chi connectivity index (χ0v) is 17.8. The van der Waals surface area contributed by atoms with Crippen molar-refractivity contribution in [3.8, 4) is 5.75 Å². The van der Waals surface area contributed by atoms with Gasteiger partial charge in [0.15, 0.2) is 0 Å². The topological polar surface area (TPSA) is 58.4 Å². The molecule has 6 heteroatoms. The van der Waals surface area contributed by atoms with Crippen LogP contribution in [0.3, 0.4) is 0 Å². The molecule has 1 N–H and O–H groups in total. The summed E-state index contributed by atoms with van der Waals surface area (Å²) in [6.45, 7) is 3.92. The fourth-order valence-corrected chi connectivity index (χ4v) is 4.52. The van der Waals surface area contributed by atoms with Crippen molar-refractivity contribution in [3.05, 3.63) is 92.6 Å². The lowest BCUT2D eigenvalue weighted by Gasteiger charge is -2.35. The van der Waals surface area contributed by atoms with Crippen LogP contribution >= 0.6 is 11.6 Å². The standard InChI is InChI=1S/C24H26ClN3O2/c1-17-15-21(29)22(24(30)28(17)16-18-9-5-6-12-26-18)23(27-13-7-2-8-14-27)19-10-3-4-11-20(19)25/h3-6,9-12,15,23,29H,2,7-8,13-14,16H2,1H3. The highest BCUT2D eigenvalue weighted by atomic mass is 35.5. The number of piperidine rings is 1. The highest BCUT2D eigenvalue weighted by Crippen LogP contribution is 2.37. The molecule has 0 bridgehead atoms. The third kappa shape index (κ3) is 4.13. The normalized spacial score (nSPS) is 15.8. The average Bonchev–Trinajstić information content (AvgIpc) is 2.76. The Hall–Kier alpha value is -2.63. The van der Waals surface area contributed by atoms with Crippen molar-refractivity contribution in [1.82, 2.24) is 14.5 Å². The number of hydrogen-bond donors (Lipinski definition) is 1. The summed E-state index contributed by atoms with van der Waals surface area (Å²) in [6, 6.07) is 14.5. The van der Waals surface area contributed by atoms with Gasteiger partial charge in [0.1, 0.15) is 5.75 Å². The molecule has 5 nitrogen and oxygen atoms in total. The van der Waals surface area contributed by atoms with Gasteiger partial charge in [-0.15, -0.1) is 0 Å². The fraction of sp³-hybridized carbons (Fsp3) is 0.333. The molecule has 1 fully saturated rings. The summed E-state index contributed by atoms with van der Waals surface area (Å²) in [7, 11) is 0. The Morgan fingerprint density at radius 1 is 1.10 bits per heavy atom. The molecule has 1 aromatic carbocycles. The molecule has 156 valence electrons. The smallest absolute Gasteiger partial charge is 0.260 e. The van der Waals surface area contributed by atoms with Crippen molar-refractivity contribution in [2.75, 3.05) is 13.1 Å². The van der Waals surface area contributed by atoms with E-state index in [9.17, 15) is 9.90 Å². The van der Waals surface area contributed by atoms with Crippen molar-refractivity contribution in [2.24, 2.45) is 0 Å². The van der Waals surface area contributed by atoms with Gasteiger partial charge in [0.05, 0.1) is 23.8 Å². The Bertz CT molecular complexity index is 1080. The second-order valence-electron chi connectivity index (χ2n) is 7.82. The second-order valence-corrected chi connectivity index (χ2v) is 8.22. The number of aromatic nitrogens is 2. The van der Waals surface area contributed by atoms with Gasteiger partial charge in [-0.1, -0.05) is 42.3 Å². The average molecular weight is 424 g/mol. The van der Waals surface area contributed by atoms with Crippen LogP contribution in [-0.2, 0) is 6.54 Å². The van der Waals surface area contributed by atoms with E-state index < -0.39 is 0 Å². The Labute approximate surface area is 181 Å². The SMILES string of the molecule is Cc1cc(O)c(C(c2ccccc2Cl)N2CCCCC2)c(=O)n1Cc1ccccn1. The van der Waals surface area contributed by atoms with Gasteiger partial charge in [-0.3, -0.25) is 14.7 Å². The second kappa shape index (κ2) is 9.02. The van der Waals surface area contributed by atoms with Crippen molar-refractivity contribution >= 4 is 11.6 Å². The number of pyridine rings is 2. The van der Waals surface area contributed by atoms with Crippen LogP contribution in [0.15, 0.2) is 59.5 Å². The first kappa shape index (κ1) is 20.6. The predicted molar refractivity (Wildman–Crippen MR) is 119 cm³/mol. The molecule has 1 aliphatic heterocycles. The Kier molecular flexibility index (Phi) is 6.21. The zero-order valence-electron chi connectivity index (χ0n) is 17.1. The molecule has 0 spiro atoms. The molecule has 30 heavy (non-hydrogen) atoms.